The topological polar surface area (TPSA) is 49.8 Å². The van der Waals surface area contributed by atoms with Crippen molar-refractivity contribution in [1.82, 2.24) is 0 Å². The average molecular weight is 236 g/mol. The summed E-state index contributed by atoms with van der Waals surface area (Å²) in [6.45, 7) is 2.23. The zero-order chi connectivity index (χ0) is 11.0. The molecule has 4 heteroatoms. The van der Waals surface area contributed by atoms with E-state index in [1.165, 1.54) is 16.9 Å². The van der Waals surface area contributed by atoms with Crippen LogP contribution in [0.5, 0.6) is 0 Å². The van der Waals surface area contributed by atoms with E-state index in [4.69, 9.17) is 23.2 Å². The molecule has 1 aromatic heterocycles. The summed E-state index contributed by atoms with van der Waals surface area (Å²) in [4.78, 5) is 0. The van der Waals surface area contributed by atoms with Gasteiger partial charge in [-0.05, 0) is 36.3 Å². The van der Waals surface area contributed by atoms with Crippen LogP contribution < -0.4 is 5.73 Å². The van der Waals surface area contributed by atoms with Gasteiger partial charge in [0.1, 0.15) is 11.1 Å². The first-order chi connectivity index (χ1) is 7.13. The lowest BCUT2D eigenvalue weighted by Gasteiger charge is -2.22. The van der Waals surface area contributed by atoms with Crippen molar-refractivity contribution < 1.29 is 0 Å². The summed E-state index contributed by atoms with van der Waals surface area (Å²) in [5.74, 6) is 0.668. The molecule has 0 aromatic carbocycles. The van der Waals surface area contributed by atoms with Gasteiger partial charge in [0.05, 0.1) is 9.39 Å². The van der Waals surface area contributed by atoms with E-state index in [9.17, 15) is 0 Å². The second-order valence-corrected chi connectivity index (χ2v) is 5.76. The van der Waals surface area contributed by atoms with Gasteiger partial charge in [0, 0.05) is 0 Å². The van der Waals surface area contributed by atoms with Crippen molar-refractivity contribution in [3.05, 3.63) is 20.5 Å². The van der Waals surface area contributed by atoms with Crippen molar-refractivity contribution in [2.24, 2.45) is 5.92 Å². The fourth-order valence-corrected chi connectivity index (χ4v) is 3.36. The Labute approximate surface area is 98.4 Å². The highest BCUT2D eigenvalue weighted by molar-refractivity contribution is 7.73. The quantitative estimate of drug-likeness (QED) is 0.704. The van der Waals surface area contributed by atoms with Crippen LogP contribution in [-0.2, 0) is 12.8 Å². The second-order valence-electron chi connectivity index (χ2n) is 4.05. The number of nitrogen functional groups attached to an aromatic ring is 1. The summed E-state index contributed by atoms with van der Waals surface area (Å²) >= 11 is 6.69. The van der Waals surface area contributed by atoms with Gasteiger partial charge in [-0.3, -0.25) is 0 Å². The number of hydrogen-bond acceptors (Lipinski definition) is 4. The van der Waals surface area contributed by atoms with Gasteiger partial charge in [0.2, 0.25) is 0 Å². The maximum Gasteiger partial charge on any atom is 0.105 e. The van der Waals surface area contributed by atoms with Crippen LogP contribution in [0.2, 0.25) is 0 Å². The lowest BCUT2D eigenvalue weighted by molar-refractivity contribution is 0.501. The highest BCUT2D eigenvalue weighted by atomic mass is 32.1. The molecule has 1 aromatic rings. The lowest BCUT2D eigenvalue weighted by Crippen LogP contribution is -2.13. The smallest absolute Gasteiger partial charge is 0.105 e. The molecule has 0 saturated heterocycles. The number of rotatable bonds is 0. The Kier molecular flexibility index (Phi) is 2.76. The van der Waals surface area contributed by atoms with Crippen LogP contribution in [0, 0.1) is 21.1 Å². The number of hydrogen-bond donors (Lipinski definition) is 1. The standard InChI is InChI=1S/C11H12N2S2/c1-6-2-3-7-8(4-6)11(14)15-10(13)9(7)5-12/h6H,2-4,13H2,1H3/t6-/m1/s1. The summed E-state index contributed by atoms with van der Waals surface area (Å²) in [6.07, 6.45) is 3.07. The minimum absolute atomic E-state index is 0.579. The Morgan fingerprint density at radius 2 is 2.27 bits per heavy atom. The third kappa shape index (κ3) is 1.77. The maximum absolute atomic E-state index is 9.07. The van der Waals surface area contributed by atoms with Gasteiger partial charge >= 0.3 is 0 Å². The second kappa shape index (κ2) is 3.92. The molecule has 1 aliphatic rings. The minimum Gasteiger partial charge on any atom is -0.389 e. The zero-order valence-corrected chi connectivity index (χ0v) is 10.2. The number of nitrogens with zero attached hydrogens (tertiary/aromatic N) is 1. The van der Waals surface area contributed by atoms with Gasteiger partial charge in [0.25, 0.3) is 0 Å². The van der Waals surface area contributed by atoms with E-state index in [1.54, 1.807) is 0 Å². The summed E-state index contributed by atoms with van der Waals surface area (Å²) in [6, 6.07) is 2.20. The van der Waals surface area contributed by atoms with E-state index >= 15 is 0 Å². The van der Waals surface area contributed by atoms with Crippen molar-refractivity contribution in [1.29, 1.82) is 5.26 Å². The number of nitriles is 1. The van der Waals surface area contributed by atoms with E-state index < -0.39 is 0 Å². The van der Waals surface area contributed by atoms with Crippen LogP contribution in [0.4, 0.5) is 5.00 Å². The molecule has 2 nitrogen and oxygen atoms in total. The molecule has 2 rings (SSSR count). The fourth-order valence-electron chi connectivity index (χ4n) is 2.08. The van der Waals surface area contributed by atoms with Crippen molar-refractivity contribution >= 4 is 28.6 Å². The van der Waals surface area contributed by atoms with Crippen molar-refractivity contribution in [2.45, 2.75) is 26.2 Å². The Bertz CT molecular complexity index is 497. The fraction of sp³-hybridized carbons (Fsp3) is 0.455. The minimum atomic E-state index is 0.579. The molecular formula is C11H12N2S2. The zero-order valence-electron chi connectivity index (χ0n) is 8.54. The lowest BCUT2D eigenvalue weighted by atomic mass is 9.85. The molecule has 0 amide bonds. The third-order valence-corrected chi connectivity index (χ3v) is 4.27. The summed E-state index contributed by atoms with van der Waals surface area (Å²) in [5, 5.41) is 9.65. The van der Waals surface area contributed by atoms with Crippen molar-refractivity contribution in [3.63, 3.8) is 0 Å². The summed E-state index contributed by atoms with van der Waals surface area (Å²) in [7, 11) is 0. The van der Waals surface area contributed by atoms with Gasteiger partial charge in [-0.1, -0.05) is 19.1 Å². The van der Waals surface area contributed by atoms with Crippen LogP contribution in [-0.4, -0.2) is 0 Å². The Balaban J connectivity index is 2.69. The molecule has 78 valence electrons. The van der Waals surface area contributed by atoms with E-state index in [0.29, 0.717) is 16.5 Å². The van der Waals surface area contributed by atoms with Gasteiger partial charge in [-0.2, -0.15) is 5.26 Å². The van der Waals surface area contributed by atoms with Crippen LogP contribution >= 0.6 is 23.6 Å². The molecule has 0 saturated carbocycles. The molecule has 15 heavy (non-hydrogen) atoms. The predicted octanol–water partition coefficient (Wildman–Crippen LogP) is 3.06. The molecule has 0 unspecified atom stereocenters. The van der Waals surface area contributed by atoms with Gasteiger partial charge < -0.3 is 5.73 Å². The number of anilines is 1. The first kappa shape index (κ1) is 10.6. The van der Waals surface area contributed by atoms with Gasteiger partial charge in [-0.15, -0.1) is 11.3 Å². The predicted molar refractivity (Wildman–Crippen MR) is 65.5 cm³/mol. The van der Waals surface area contributed by atoms with Crippen LogP contribution in [0.1, 0.15) is 30.0 Å². The Morgan fingerprint density at radius 1 is 1.53 bits per heavy atom. The molecule has 2 N–H and O–H groups in total. The average Bonchev–Trinajstić information content (AvgIpc) is 2.19. The van der Waals surface area contributed by atoms with Gasteiger partial charge in [0.15, 0.2) is 0 Å². The Hall–Kier alpha value is -0.920. The van der Waals surface area contributed by atoms with Crippen LogP contribution in [0.15, 0.2) is 0 Å². The highest BCUT2D eigenvalue weighted by Crippen LogP contribution is 2.34. The first-order valence-electron chi connectivity index (χ1n) is 4.98. The van der Waals surface area contributed by atoms with Crippen LogP contribution in [0.3, 0.4) is 0 Å². The normalized spacial score (nSPS) is 19.3. The van der Waals surface area contributed by atoms with E-state index in [2.05, 4.69) is 13.0 Å². The molecule has 0 spiro atoms. The number of nitrogens with two attached hydrogens (primary N) is 1. The first-order valence-corrected chi connectivity index (χ1v) is 6.20. The molecule has 0 fully saturated rings. The molecule has 0 radical (unpaired) electrons. The highest BCUT2D eigenvalue weighted by Gasteiger charge is 2.21. The summed E-state index contributed by atoms with van der Waals surface area (Å²) in [5.41, 5.74) is 8.78. The van der Waals surface area contributed by atoms with E-state index in [1.807, 2.05) is 0 Å². The summed E-state index contributed by atoms with van der Waals surface area (Å²) < 4.78 is 0.869. The van der Waals surface area contributed by atoms with Crippen LogP contribution in [0.25, 0.3) is 0 Å². The van der Waals surface area contributed by atoms with Gasteiger partial charge in [-0.25, -0.2) is 0 Å². The maximum atomic E-state index is 9.07. The SMILES string of the molecule is C[C@@H]1CCc2c(C#N)c(N)sc(=S)c2C1. The largest absolute Gasteiger partial charge is 0.389 e. The van der Waals surface area contributed by atoms with E-state index in [-0.39, 0.29) is 0 Å². The molecule has 1 heterocycles. The molecule has 1 atom stereocenters. The third-order valence-electron chi connectivity index (χ3n) is 2.91. The van der Waals surface area contributed by atoms with E-state index in [0.717, 1.165) is 28.6 Å². The molecule has 1 aliphatic carbocycles. The monoisotopic (exact) mass is 236 g/mol. The van der Waals surface area contributed by atoms with Crippen molar-refractivity contribution in [3.8, 4) is 6.07 Å². The molecular weight excluding hydrogens is 224 g/mol. The van der Waals surface area contributed by atoms with Crippen molar-refractivity contribution in [2.75, 3.05) is 5.73 Å². The molecule has 0 bridgehead atoms. The molecule has 0 aliphatic heterocycles. The number of fused-ring (bicyclic) bond motifs is 1. The Morgan fingerprint density at radius 3 is 2.93 bits per heavy atom.